The largest absolute Gasteiger partial charge is 0.362 e. The molecule has 0 aliphatic carbocycles. The highest BCUT2D eigenvalue weighted by Gasteiger charge is 2.16. The van der Waals surface area contributed by atoms with Gasteiger partial charge in [0.2, 0.25) is 0 Å². The van der Waals surface area contributed by atoms with E-state index in [4.69, 9.17) is 0 Å². The Kier molecular flexibility index (Phi) is 2.61. The van der Waals surface area contributed by atoms with E-state index in [0.717, 1.165) is 0 Å². The lowest BCUT2D eigenvalue weighted by atomic mass is 10.4. The van der Waals surface area contributed by atoms with Crippen LogP contribution in [0.15, 0.2) is 40.2 Å². The van der Waals surface area contributed by atoms with Gasteiger partial charge in [0.1, 0.15) is 11.2 Å². The van der Waals surface area contributed by atoms with Crippen molar-refractivity contribution in [2.75, 3.05) is 4.72 Å². The van der Waals surface area contributed by atoms with Gasteiger partial charge in [-0.05, 0) is 19.1 Å². The first-order valence-corrected chi connectivity index (χ1v) is 5.92. The Labute approximate surface area is 92.3 Å². The number of nitrogens with zero attached hydrogens (tertiary/aromatic N) is 2. The van der Waals surface area contributed by atoms with E-state index in [0.29, 0.717) is 5.56 Å². The van der Waals surface area contributed by atoms with E-state index >= 15 is 0 Å². The standard InChI is InChI=1S/C9H9N3O3S/c1-7-6-15-11-9(7)12-16(13,14)8-3-2-4-10-5-8/h2-6H,1H3,(H,11,12). The summed E-state index contributed by atoms with van der Waals surface area (Å²) in [7, 11) is -3.64. The fourth-order valence-electron chi connectivity index (χ4n) is 1.08. The first kappa shape index (κ1) is 10.6. The van der Waals surface area contributed by atoms with Crippen LogP contribution >= 0.6 is 0 Å². The maximum Gasteiger partial charge on any atom is 0.264 e. The zero-order valence-electron chi connectivity index (χ0n) is 8.41. The molecule has 0 fully saturated rings. The first-order valence-electron chi connectivity index (χ1n) is 4.43. The molecule has 2 heterocycles. The van der Waals surface area contributed by atoms with Gasteiger partial charge < -0.3 is 4.52 Å². The van der Waals surface area contributed by atoms with Crippen molar-refractivity contribution in [2.24, 2.45) is 0 Å². The molecule has 7 heteroatoms. The minimum atomic E-state index is -3.64. The van der Waals surface area contributed by atoms with Gasteiger partial charge in [-0.1, -0.05) is 5.16 Å². The zero-order valence-corrected chi connectivity index (χ0v) is 9.23. The Hall–Kier alpha value is -1.89. The zero-order chi connectivity index (χ0) is 11.6. The highest BCUT2D eigenvalue weighted by Crippen LogP contribution is 2.16. The van der Waals surface area contributed by atoms with Gasteiger partial charge in [-0.3, -0.25) is 9.71 Å². The lowest BCUT2D eigenvalue weighted by molar-refractivity contribution is 0.422. The molecule has 0 radical (unpaired) electrons. The lowest BCUT2D eigenvalue weighted by Gasteiger charge is -2.04. The molecule has 0 aromatic carbocycles. The maximum atomic E-state index is 11.8. The number of anilines is 1. The molecule has 1 N–H and O–H groups in total. The predicted octanol–water partition coefficient (Wildman–Crippen LogP) is 1.18. The van der Waals surface area contributed by atoms with Gasteiger partial charge in [-0.15, -0.1) is 0 Å². The van der Waals surface area contributed by atoms with Crippen LogP contribution in [0.1, 0.15) is 5.56 Å². The minimum absolute atomic E-state index is 0.0809. The molecule has 2 aromatic rings. The number of pyridine rings is 1. The summed E-state index contributed by atoms with van der Waals surface area (Å²) in [6.07, 6.45) is 4.12. The molecule has 0 aliphatic rings. The number of aryl methyl sites for hydroxylation is 1. The van der Waals surface area contributed by atoms with Crippen molar-refractivity contribution in [1.82, 2.24) is 10.1 Å². The molecule has 0 bridgehead atoms. The SMILES string of the molecule is Cc1conc1NS(=O)(=O)c1cccnc1. The van der Waals surface area contributed by atoms with E-state index < -0.39 is 10.0 Å². The van der Waals surface area contributed by atoms with Crippen LogP contribution in [-0.4, -0.2) is 18.6 Å². The van der Waals surface area contributed by atoms with Crippen molar-refractivity contribution < 1.29 is 12.9 Å². The second-order valence-corrected chi connectivity index (χ2v) is 4.82. The highest BCUT2D eigenvalue weighted by molar-refractivity contribution is 7.92. The average Bonchev–Trinajstić information content (AvgIpc) is 2.65. The molecule has 2 aromatic heterocycles. The summed E-state index contributed by atoms with van der Waals surface area (Å²) in [4.78, 5) is 3.82. The molecule has 0 saturated heterocycles. The van der Waals surface area contributed by atoms with Crippen LogP contribution in [0.2, 0.25) is 0 Å². The van der Waals surface area contributed by atoms with Crippen molar-refractivity contribution >= 4 is 15.8 Å². The number of sulfonamides is 1. The summed E-state index contributed by atoms with van der Waals surface area (Å²) < 4.78 is 30.6. The summed E-state index contributed by atoms with van der Waals surface area (Å²) in [5, 5.41) is 3.54. The summed E-state index contributed by atoms with van der Waals surface area (Å²) in [5.41, 5.74) is 0.618. The summed E-state index contributed by atoms with van der Waals surface area (Å²) in [5.74, 6) is 0.184. The Morgan fingerprint density at radius 1 is 1.44 bits per heavy atom. The summed E-state index contributed by atoms with van der Waals surface area (Å²) >= 11 is 0. The molecule has 0 saturated carbocycles. The average molecular weight is 239 g/mol. The van der Waals surface area contributed by atoms with Gasteiger partial charge in [-0.2, -0.15) is 0 Å². The summed E-state index contributed by atoms with van der Waals surface area (Å²) in [6, 6.07) is 3.00. The Morgan fingerprint density at radius 3 is 2.81 bits per heavy atom. The normalized spacial score (nSPS) is 11.3. The Morgan fingerprint density at radius 2 is 2.25 bits per heavy atom. The summed E-state index contributed by atoms with van der Waals surface area (Å²) in [6.45, 7) is 1.69. The fourth-order valence-corrected chi connectivity index (χ4v) is 2.11. The third-order valence-electron chi connectivity index (χ3n) is 1.92. The van der Waals surface area contributed by atoms with Crippen LogP contribution in [0.4, 0.5) is 5.82 Å². The van der Waals surface area contributed by atoms with Crippen molar-refractivity contribution in [2.45, 2.75) is 11.8 Å². The molecule has 2 rings (SSSR count). The van der Waals surface area contributed by atoms with E-state index in [2.05, 4.69) is 19.4 Å². The van der Waals surface area contributed by atoms with Crippen LogP contribution in [-0.2, 0) is 10.0 Å². The van der Waals surface area contributed by atoms with Crippen LogP contribution in [0, 0.1) is 6.92 Å². The van der Waals surface area contributed by atoms with Crippen molar-refractivity contribution in [3.8, 4) is 0 Å². The number of aromatic nitrogens is 2. The highest BCUT2D eigenvalue weighted by atomic mass is 32.2. The molecule has 0 aliphatic heterocycles. The van der Waals surface area contributed by atoms with Gasteiger partial charge in [0, 0.05) is 18.0 Å². The van der Waals surface area contributed by atoms with Crippen LogP contribution in [0.5, 0.6) is 0 Å². The van der Waals surface area contributed by atoms with E-state index in [1.807, 2.05) is 0 Å². The molecule has 0 unspecified atom stereocenters. The van der Waals surface area contributed by atoms with E-state index in [9.17, 15) is 8.42 Å². The van der Waals surface area contributed by atoms with Crippen LogP contribution in [0.3, 0.4) is 0 Å². The first-order chi connectivity index (χ1) is 7.59. The van der Waals surface area contributed by atoms with Crippen LogP contribution in [0.25, 0.3) is 0 Å². The monoisotopic (exact) mass is 239 g/mol. The number of nitrogens with one attached hydrogen (secondary N) is 1. The molecular weight excluding hydrogens is 230 g/mol. The molecule has 0 spiro atoms. The quantitative estimate of drug-likeness (QED) is 0.869. The lowest BCUT2D eigenvalue weighted by Crippen LogP contribution is -2.13. The number of rotatable bonds is 3. The van der Waals surface area contributed by atoms with Crippen molar-refractivity contribution in [1.29, 1.82) is 0 Å². The molecular formula is C9H9N3O3S. The van der Waals surface area contributed by atoms with E-state index in [-0.39, 0.29) is 10.7 Å². The maximum absolute atomic E-state index is 11.8. The predicted molar refractivity (Wildman–Crippen MR) is 56.3 cm³/mol. The van der Waals surface area contributed by atoms with Gasteiger partial charge in [0.05, 0.1) is 0 Å². The second-order valence-electron chi connectivity index (χ2n) is 3.14. The van der Waals surface area contributed by atoms with Crippen molar-refractivity contribution in [3.63, 3.8) is 0 Å². The van der Waals surface area contributed by atoms with E-state index in [1.54, 1.807) is 13.0 Å². The third kappa shape index (κ3) is 2.03. The second kappa shape index (κ2) is 3.93. The Balaban J connectivity index is 2.32. The smallest absolute Gasteiger partial charge is 0.264 e. The van der Waals surface area contributed by atoms with Gasteiger partial charge >= 0.3 is 0 Å². The molecule has 0 atom stereocenters. The van der Waals surface area contributed by atoms with Gasteiger partial charge in [0.25, 0.3) is 10.0 Å². The minimum Gasteiger partial charge on any atom is -0.362 e. The van der Waals surface area contributed by atoms with Crippen LogP contribution < -0.4 is 4.72 Å². The molecule has 16 heavy (non-hydrogen) atoms. The fraction of sp³-hybridized carbons (Fsp3) is 0.111. The molecule has 84 valence electrons. The molecule has 0 amide bonds. The Bertz CT molecular complexity index is 577. The molecule has 6 nitrogen and oxygen atoms in total. The number of hydrogen-bond acceptors (Lipinski definition) is 5. The third-order valence-corrected chi connectivity index (χ3v) is 3.25. The number of hydrogen-bond donors (Lipinski definition) is 1. The van der Waals surface area contributed by atoms with E-state index in [1.165, 1.54) is 24.7 Å². The topological polar surface area (TPSA) is 85.1 Å². The van der Waals surface area contributed by atoms with Crippen molar-refractivity contribution in [3.05, 3.63) is 36.4 Å². The van der Waals surface area contributed by atoms with Gasteiger partial charge in [0.15, 0.2) is 5.82 Å². The van der Waals surface area contributed by atoms with Gasteiger partial charge in [-0.25, -0.2) is 8.42 Å².